The van der Waals surface area contributed by atoms with E-state index in [-0.39, 0.29) is 16.8 Å². The average Bonchev–Trinajstić information content (AvgIpc) is 2.94. The van der Waals surface area contributed by atoms with Crippen LogP contribution in [0.3, 0.4) is 0 Å². The second-order valence-corrected chi connectivity index (χ2v) is 6.29. The molecule has 3 rings (SSSR count). The number of allylic oxidation sites excluding steroid dienone is 5. The summed E-state index contributed by atoms with van der Waals surface area (Å²) in [5.41, 5.74) is 2.66. The molecule has 1 atom stereocenters. The molecule has 0 aromatic heterocycles. The number of ether oxygens (including phenoxy) is 1. The van der Waals surface area contributed by atoms with Gasteiger partial charge in [-0.25, -0.2) is 0 Å². The lowest BCUT2D eigenvalue weighted by Gasteiger charge is -2.32. The zero-order valence-corrected chi connectivity index (χ0v) is 14.0. The zero-order valence-electron chi connectivity index (χ0n) is 13.1. The van der Waals surface area contributed by atoms with Crippen molar-refractivity contribution in [2.24, 2.45) is 0 Å². The standard InChI is InChI=1S/C16H19N3O3S/c1-9-6-11(13-14(20)17-16(23)18-15(13)21)7-10(2)19(9)8-12-4-3-5-22-12/h6-7,12H,3-5,8H2,1-2H3,(H2,17,18,20,21,23)/t12-/m1/s1. The molecule has 2 amide bonds. The first kappa shape index (κ1) is 15.9. The van der Waals surface area contributed by atoms with Gasteiger partial charge in [0.05, 0.1) is 6.10 Å². The van der Waals surface area contributed by atoms with Gasteiger partial charge in [0.2, 0.25) is 0 Å². The van der Waals surface area contributed by atoms with Crippen LogP contribution in [0, 0.1) is 0 Å². The Morgan fingerprint density at radius 1 is 1.22 bits per heavy atom. The molecule has 0 saturated carbocycles. The van der Waals surface area contributed by atoms with Crippen LogP contribution < -0.4 is 10.6 Å². The lowest BCUT2D eigenvalue weighted by atomic mass is 9.99. The minimum absolute atomic E-state index is 0.0431. The van der Waals surface area contributed by atoms with E-state index in [1.165, 1.54) is 0 Å². The summed E-state index contributed by atoms with van der Waals surface area (Å²) in [6.07, 6.45) is 6.09. The maximum atomic E-state index is 12.1. The monoisotopic (exact) mass is 333 g/mol. The summed E-state index contributed by atoms with van der Waals surface area (Å²) in [6.45, 7) is 5.54. The number of nitrogens with zero attached hydrogens (tertiary/aromatic N) is 1. The summed E-state index contributed by atoms with van der Waals surface area (Å²) < 4.78 is 5.69. The van der Waals surface area contributed by atoms with Crippen molar-refractivity contribution in [3.05, 3.63) is 34.7 Å². The molecule has 122 valence electrons. The molecule has 0 radical (unpaired) electrons. The van der Waals surface area contributed by atoms with Crippen molar-refractivity contribution in [2.75, 3.05) is 13.2 Å². The number of thiocarbonyl (C=S) groups is 1. The minimum atomic E-state index is -0.463. The maximum absolute atomic E-state index is 12.1. The third kappa shape index (κ3) is 3.20. The number of rotatable bonds is 2. The van der Waals surface area contributed by atoms with Crippen molar-refractivity contribution >= 4 is 29.1 Å². The number of hydrogen-bond donors (Lipinski definition) is 2. The molecule has 7 heteroatoms. The van der Waals surface area contributed by atoms with Gasteiger partial charge in [-0.15, -0.1) is 0 Å². The van der Waals surface area contributed by atoms with Crippen molar-refractivity contribution in [2.45, 2.75) is 32.8 Å². The molecule has 0 unspecified atom stereocenters. The molecule has 23 heavy (non-hydrogen) atoms. The Labute approximate surface area is 140 Å². The van der Waals surface area contributed by atoms with Crippen LogP contribution in [-0.4, -0.2) is 41.1 Å². The maximum Gasteiger partial charge on any atom is 0.263 e. The van der Waals surface area contributed by atoms with Gasteiger partial charge < -0.3 is 9.64 Å². The summed E-state index contributed by atoms with van der Waals surface area (Å²) in [5.74, 6) is -0.927. The van der Waals surface area contributed by atoms with Crippen molar-refractivity contribution in [1.29, 1.82) is 0 Å². The molecule has 6 nitrogen and oxygen atoms in total. The van der Waals surface area contributed by atoms with Gasteiger partial charge in [-0.3, -0.25) is 20.2 Å². The second kappa shape index (κ2) is 6.25. The van der Waals surface area contributed by atoms with Crippen LogP contribution in [0.2, 0.25) is 0 Å². The number of carbonyl (C=O) groups is 2. The predicted molar refractivity (Wildman–Crippen MR) is 89.1 cm³/mol. The molecule has 0 aromatic carbocycles. The molecule has 2 saturated heterocycles. The largest absolute Gasteiger partial charge is 0.376 e. The van der Waals surface area contributed by atoms with Crippen LogP contribution in [0.4, 0.5) is 0 Å². The Hall–Kier alpha value is -1.99. The highest BCUT2D eigenvalue weighted by Crippen LogP contribution is 2.27. The quantitative estimate of drug-likeness (QED) is 0.450. The summed E-state index contributed by atoms with van der Waals surface area (Å²) in [7, 11) is 0. The fraction of sp³-hybridized carbons (Fsp3) is 0.438. The molecule has 0 aromatic rings. The Morgan fingerprint density at radius 3 is 2.35 bits per heavy atom. The first-order valence-corrected chi connectivity index (χ1v) is 8.03. The molecular weight excluding hydrogens is 314 g/mol. The van der Waals surface area contributed by atoms with E-state index in [9.17, 15) is 9.59 Å². The SMILES string of the molecule is CC1=CC(=C2C(=O)NC(=S)NC2=O)C=C(C)N1C[C@H]1CCCO1. The lowest BCUT2D eigenvalue weighted by molar-refractivity contribution is -0.123. The molecular formula is C16H19N3O3S. The van der Waals surface area contributed by atoms with Gasteiger partial charge in [0.25, 0.3) is 11.8 Å². The smallest absolute Gasteiger partial charge is 0.263 e. The Kier molecular flexibility index (Phi) is 4.32. The van der Waals surface area contributed by atoms with Crippen LogP contribution in [-0.2, 0) is 14.3 Å². The fourth-order valence-electron chi connectivity index (χ4n) is 3.08. The van der Waals surface area contributed by atoms with E-state index < -0.39 is 11.8 Å². The molecule has 0 bridgehead atoms. The minimum Gasteiger partial charge on any atom is -0.376 e. The highest BCUT2D eigenvalue weighted by atomic mass is 32.1. The van der Waals surface area contributed by atoms with Gasteiger partial charge in [-0.05, 0) is 56.6 Å². The van der Waals surface area contributed by atoms with Crippen LogP contribution in [0.15, 0.2) is 34.7 Å². The third-order valence-electron chi connectivity index (χ3n) is 4.19. The van der Waals surface area contributed by atoms with E-state index in [0.29, 0.717) is 5.57 Å². The summed E-state index contributed by atoms with van der Waals surface area (Å²) in [5, 5.41) is 4.98. The van der Waals surface area contributed by atoms with Gasteiger partial charge >= 0.3 is 0 Å². The molecule has 3 aliphatic heterocycles. The molecule has 0 spiro atoms. The van der Waals surface area contributed by atoms with E-state index in [1.807, 2.05) is 26.0 Å². The van der Waals surface area contributed by atoms with Crippen molar-refractivity contribution in [3.63, 3.8) is 0 Å². The van der Waals surface area contributed by atoms with E-state index in [2.05, 4.69) is 15.5 Å². The van der Waals surface area contributed by atoms with Gasteiger partial charge in [-0.2, -0.15) is 0 Å². The number of hydrogen-bond acceptors (Lipinski definition) is 5. The van der Waals surface area contributed by atoms with E-state index in [1.54, 1.807) is 0 Å². The van der Waals surface area contributed by atoms with E-state index >= 15 is 0 Å². The lowest BCUT2D eigenvalue weighted by Crippen LogP contribution is -2.51. The number of nitrogens with one attached hydrogen (secondary N) is 2. The van der Waals surface area contributed by atoms with E-state index in [4.69, 9.17) is 17.0 Å². The van der Waals surface area contributed by atoms with Gasteiger partial charge in [0.15, 0.2) is 5.11 Å². The predicted octanol–water partition coefficient (Wildman–Crippen LogP) is 1.12. The van der Waals surface area contributed by atoms with Crippen molar-refractivity contribution in [3.8, 4) is 0 Å². The fourth-order valence-corrected chi connectivity index (χ4v) is 3.26. The van der Waals surface area contributed by atoms with Gasteiger partial charge in [-0.1, -0.05) is 0 Å². The van der Waals surface area contributed by atoms with Gasteiger partial charge in [0, 0.05) is 24.5 Å². The second-order valence-electron chi connectivity index (χ2n) is 5.88. The summed E-state index contributed by atoms with van der Waals surface area (Å²) in [4.78, 5) is 26.3. The van der Waals surface area contributed by atoms with Crippen molar-refractivity contribution < 1.29 is 14.3 Å². The Morgan fingerprint density at radius 2 is 1.83 bits per heavy atom. The molecule has 3 heterocycles. The third-order valence-corrected chi connectivity index (χ3v) is 4.39. The van der Waals surface area contributed by atoms with E-state index in [0.717, 1.165) is 37.4 Å². The number of amides is 2. The first-order chi connectivity index (χ1) is 11.0. The highest BCUT2D eigenvalue weighted by Gasteiger charge is 2.30. The molecule has 2 fully saturated rings. The molecule has 2 N–H and O–H groups in total. The highest BCUT2D eigenvalue weighted by molar-refractivity contribution is 7.80. The zero-order chi connectivity index (χ0) is 16.6. The van der Waals surface area contributed by atoms with Crippen LogP contribution in [0.5, 0.6) is 0 Å². The Bertz CT molecular complexity index is 628. The van der Waals surface area contributed by atoms with Crippen molar-refractivity contribution in [1.82, 2.24) is 15.5 Å². The topological polar surface area (TPSA) is 70.7 Å². The summed E-state index contributed by atoms with van der Waals surface area (Å²) >= 11 is 4.82. The average molecular weight is 333 g/mol. The summed E-state index contributed by atoms with van der Waals surface area (Å²) in [6, 6.07) is 0. The van der Waals surface area contributed by atoms with Gasteiger partial charge in [0.1, 0.15) is 5.57 Å². The molecule has 0 aliphatic carbocycles. The van der Waals surface area contributed by atoms with Crippen LogP contribution in [0.1, 0.15) is 26.7 Å². The molecule has 3 aliphatic rings. The Balaban J connectivity index is 1.87. The van der Waals surface area contributed by atoms with Crippen LogP contribution >= 0.6 is 12.2 Å². The first-order valence-electron chi connectivity index (χ1n) is 7.62. The van der Waals surface area contributed by atoms with Crippen LogP contribution in [0.25, 0.3) is 0 Å². The normalized spacial score (nSPS) is 25.2. The number of carbonyl (C=O) groups excluding carboxylic acids is 2.